The van der Waals surface area contributed by atoms with E-state index in [9.17, 15) is 4.79 Å². The number of methoxy groups -OCH3 is 1. The van der Waals surface area contributed by atoms with Crippen LogP contribution in [0.25, 0.3) is 0 Å². The molecule has 0 unspecified atom stereocenters. The Morgan fingerprint density at radius 1 is 1.12 bits per heavy atom. The highest BCUT2D eigenvalue weighted by atomic mass is 35.5. The number of ether oxygens (including phenoxy) is 1. The molecule has 0 fully saturated rings. The van der Waals surface area contributed by atoms with Crippen molar-refractivity contribution in [2.75, 3.05) is 18.6 Å². The normalized spacial score (nSPS) is 10.3. The van der Waals surface area contributed by atoms with Gasteiger partial charge in [0.25, 0.3) is 0 Å². The summed E-state index contributed by atoms with van der Waals surface area (Å²) >= 11 is 12.8. The molecule has 126 valence electrons. The molecule has 0 aromatic heterocycles. The summed E-state index contributed by atoms with van der Waals surface area (Å²) in [6.45, 7) is 6.45. The predicted molar refractivity (Wildman–Crippen MR) is 100 cm³/mol. The molecular formula is C19H19Cl2NO2. The van der Waals surface area contributed by atoms with Crippen molar-refractivity contribution in [1.29, 1.82) is 0 Å². The van der Waals surface area contributed by atoms with Crippen LogP contribution in [0.4, 0.5) is 11.4 Å². The molecule has 0 amide bonds. The van der Waals surface area contributed by atoms with Crippen LogP contribution in [0.1, 0.15) is 12.5 Å². The fourth-order valence-corrected chi connectivity index (χ4v) is 3.05. The van der Waals surface area contributed by atoms with Gasteiger partial charge in [-0.3, -0.25) is 4.79 Å². The van der Waals surface area contributed by atoms with Crippen molar-refractivity contribution in [2.45, 2.75) is 13.3 Å². The van der Waals surface area contributed by atoms with Gasteiger partial charge >= 0.3 is 5.97 Å². The van der Waals surface area contributed by atoms with Crippen molar-refractivity contribution < 1.29 is 9.53 Å². The van der Waals surface area contributed by atoms with Crippen LogP contribution in [0.2, 0.25) is 10.0 Å². The number of esters is 1. The number of rotatable bonds is 6. The number of benzene rings is 2. The van der Waals surface area contributed by atoms with Crippen molar-refractivity contribution in [1.82, 2.24) is 0 Å². The molecule has 0 saturated heterocycles. The fraction of sp³-hybridized carbons (Fsp3) is 0.211. The quantitative estimate of drug-likeness (QED) is 0.506. The summed E-state index contributed by atoms with van der Waals surface area (Å²) < 4.78 is 4.80. The maximum absolute atomic E-state index is 11.7. The summed E-state index contributed by atoms with van der Waals surface area (Å²) in [5, 5.41) is 1.08. The number of carbonyl (C=O) groups is 1. The number of carbonyl (C=O) groups excluding carboxylic acids is 1. The van der Waals surface area contributed by atoms with E-state index in [1.807, 2.05) is 36.1 Å². The molecule has 24 heavy (non-hydrogen) atoms. The Kier molecular flexibility index (Phi) is 6.29. The molecule has 0 aliphatic rings. The molecular weight excluding hydrogens is 345 g/mol. The highest BCUT2D eigenvalue weighted by molar-refractivity contribution is 6.39. The molecule has 0 radical (unpaired) electrons. The lowest BCUT2D eigenvalue weighted by atomic mass is 10.1. The van der Waals surface area contributed by atoms with Gasteiger partial charge in [0.2, 0.25) is 0 Å². The van der Waals surface area contributed by atoms with E-state index in [0.717, 1.165) is 16.8 Å². The first kappa shape index (κ1) is 18.4. The monoisotopic (exact) mass is 363 g/mol. The van der Waals surface area contributed by atoms with Crippen LogP contribution in [0.3, 0.4) is 0 Å². The van der Waals surface area contributed by atoms with E-state index >= 15 is 0 Å². The minimum atomic E-state index is -0.303. The molecule has 0 saturated carbocycles. The van der Waals surface area contributed by atoms with Crippen LogP contribution in [0.5, 0.6) is 0 Å². The minimum Gasteiger partial charge on any atom is -0.469 e. The number of hydrogen-bond acceptors (Lipinski definition) is 3. The maximum Gasteiger partial charge on any atom is 0.310 e. The van der Waals surface area contributed by atoms with Crippen molar-refractivity contribution in [2.24, 2.45) is 0 Å². The van der Waals surface area contributed by atoms with Gasteiger partial charge in [-0.05, 0) is 30.7 Å². The highest BCUT2D eigenvalue weighted by Crippen LogP contribution is 2.39. The smallest absolute Gasteiger partial charge is 0.310 e. The lowest BCUT2D eigenvalue weighted by Gasteiger charge is -2.29. The van der Waals surface area contributed by atoms with Gasteiger partial charge in [0, 0.05) is 12.2 Å². The van der Waals surface area contributed by atoms with E-state index < -0.39 is 0 Å². The first-order chi connectivity index (χ1) is 11.4. The van der Waals surface area contributed by atoms with Gasteiger partial charge in [0.15, 0.2) is 0 Å². The van der Waals surface area contributed by atoms with E-state index in [1.165, 1.54) is 7.11 Å². The molecule has 2 aromatic rings. The van der Waals surface area contributed by atoms with Crippen molar-refractivity contribution >= 4 is 40.5 Å². The molecule has 2 rings (SSSR count). The summed E-state index contributed by atoms with van der Waals surface area (Å²) in [5.41, 5.74) is 3.32. The fourth-order valence-electron chi connectivity index (χ4n) is 2.45. The molecule has 0 heterocycles. The molecule has 3 nitrogen and oxygen atoms in total. The largest absolute Gasteiger partial charge is 0.469 e. The second kappa shape index (κ2) is 8.22. The van der Waals surface area contributed by atoms with Gasteiger partial charge in [-0.2, -0.15) is 0 Å². The van der Waals surface area contributed by atoms with Crippen LogP contribution >= 0.6 is 23.2 Å². The zero-order valence-electron chi connectivity index (χ0n) is 13.7. The van der Waals surface area contributed by atoms with E-state index in [-0.39, 0.29) is 12.4 Å². The second-order valence-corrected chi connectivity index (χ2v) is 6.31. The van der Waals surface area contributed by atoms with Crippen molar-refractivity contribution in [3.63, 3.8) is 0 Å². The average Bonchev–Trinajstić information content (AvgIpc) is 2.54. The lowest BCUT2D eigenvalue weighted by molar-refractivity contribution is -0.139. The zero-order valence-corrected chi connectivity index (χ0v) is 15.2. The Bertz CT molecular complexity index is 739. The molecule has 0 bridgehead atoms. The first-order valence-corrected chi connectivity index (χ1v) is 8.20. The number of para-hydroxylation sites is 2. The standard InChI is InChI=1S/C19H19Cl2NO2/c1-13(2)12-22(19-15(20)8-6-9-16(19)21)17-10-5-4-7-14(17)11-18(23)24-3/h4-10H,1,11-12H2,2-3H3. The third-order valence-corrected chi connectivity index (χ3v) is 4.09. The Morgan fingerprint density at radius 2 is 1.75 bits per heavy atom. The topological polar surface area (TPSA) is 29.5 Å². The van der Waals surface area contributed by atoms with Crippen LogP contribution < -0.4 is 4.90 Å². The number of hydrogen-bond donors (Lipinski definition) is 0. The number of nitrogens with zero attached hydrogens (tertiary/aromatic N) is 1. The maximum atomic E-state index is 11.7. The van der Waals surface area contributed by atoms with Gasteiger partial charge in [-0.15, -0.1) is 0 Å². The molecule has 0 aliphatic heterocycles. The summed E-state index contributed by atoms with van der Waals surface area (Å²) in [6, 6.07) is 13.0. The highest BCUT2D eigenvalue weighted by Gasteiger charge is 2.20. The third kappa shape index (κ3) is 4.31. The molecule has 5 heteroatoms. The lowest BCUT2D eigenvalue weighted by Crippen LogP contribution is -2.22. The van der Waals surface area contributed by atoms with Gasteiger partial charge in [-0.25, -0.2) is 0 Å². The zero-order chi connectivity index (χ0) is 17.7. The molecule has 2 aromatic carbocycles. The van der Waals surface area contributed by atoms with E-state index in [1.54, 1.807) is 18.2 Å². The molecule has 0 spiro atoms. The van der Waals surface area contributed by atoms with Gasteiger partial charge < -0.3 is 9.64 Å². The van der Waals surface area contributed by atoms with Crippen LogP contribution in [0.15, 0.2) is 54.6 Å². The average molecular weight is 364 g/mol. The Hall–Kier alpha value is -1.97. The van der Waals surface area contributed by atoms with Crippen LogP contribution in [-0.4, -0.2) is 19.6 Å². The number of anilines is 2. The van der Waals surface area contributed by atoms with Gasteiger partial charge in [0.1, 0.15) is 0 Å². The molecule has 0 N–H and O–H groups in total. The Labute approximate surface area is 152 Å². The summed E-state index contributed by atoms with van der Waals surface area (Å²) in [5.74, 6) is -0.303. The van der Waals surface area contributed by atoms with E-state index in [2.05, 4.69) is 6.58 Å². The second-order valence-electron chi connectivity index (χ2n) is 5.50. The third-order valence-electron chi connectivity index (χ3n) is 3.48. The van der Waals surface area contributed by atoms with E-state index in [0.29, 0.717) is 22.3 Å². The van der Waals surface area contributed by atoms with E-state index in [4.69, 9.17) is 27.9 Å². The van der Waals surface area contributed by atoms with Crippen molar-refractivity contribution in [3.05, 3.63) is 70.2 Å². The summed E-state index contributed by atoms with van der Waals surface area (Å²) in [7, 11) is 1.38. The minimum absolute atomic E-state index is 0.168. The Morgan fingerprint density at radius 3 is 2.33 bits per heavy atom. The Balaban J connectivity index is 2.58. The first-order valence-electron chi connectivity index (χ1n) is 7.44. The molecule has 0 atom stereocenters. The van der Waals surface area contributed by atoms with Crippen LogP contribution in [0, 0.1) is 0 Å². The summed E-state index contributed by atoms with van der Waals surface area (Å²) in [6.07, 6.45) is 0.168. The van der Waals surface area contributed by atoms with Gasteiger partial charge in [0.05, 0.1) is 29.3 Å². The SMILES string of the molecule is C=C(C)CN(c1ccccc1CC(=O)OC)c1c(Cl)cccc1Cl. The summed E-state index contributed by atoms with van der Waals surface area (Å²) in [4.78, 5) is 13.7. The van der Waals surface area contributed by atoms with Gasteiger partial charge in [-0.1, -0.05) is 59.6 Å². The number of halogens is 2. The predicted octanol–water partition coefficient (Wildman–Crippen LogP) is 5.42. The van der Waals surface area contributed by atoms with Crippen molar-refractivity contribution in [3.8, 4) is 0 Å². The van der Waals surface area contributed by atoms with Crippen LogP contribution in [-0.2, 0) is 16.0 Å². The molecule has 0 aliphatic carbocycles.